The van der Waals surface area contributed by atoms with Crippen molar-refractivity contribution in [2.75, 3.05) is 44.3 Å². The van der Waals surface area contributed by atoms with E-state index in [2.05, 4.69) is 9.88 Å². The van der Waals surface area contributed by atoms with E-state index in [4.69, 9.17) is 9.47 Å². The highest BCUT2D eigenvalue weighted by atomic mass is 32.1. The molecular weight excluding hydrogens is 350 g/mol. The molecular formula is C19H23N3O3S. The summed E-state index contributed by atoms with van der Waals surface area (Å²) in [6.45, 7) is 4.48. The third-order valence-corrected chi connectivity index (χ3v) is 5.65. The fourth-order valence-electron chi connectivity index (χ4n) is 3.31. The number of carbonyl (C=O) groups excluding carboxylic acids is 1. The number of hydrogen-bond acceptors (Lipinski definition) is 6. The Morgan fingerprint density at radius 2 is 2.04 bits per heavy atom. The Balaban J connectivity index is 1.29. The van der Waals surface area contributed by atoms with E-state index in [1.54, 1.807) is 11.3 Å². The van der Waals surface area contributed by atoms with Crippen LogP contribution < -0.4 is 9.64 Å². The summed E-state index contributed by atoms with van der Waals surface area (Å²) in [5.74, 6) is 0.861. The Morgan fingerprint density at radius 3 is 2.69 bits per heavy atom. The second-order valence-corrected chi connectivity index (χ2v) is 7.44. The highest BCUT2D eigenvalue weighted by molar-refractivity contribution is 7.13. The number of hydrogen-bond donors (Lipinski definition) is 0. The maximum atomic E-state index is 12.7. The van der Waals surface area contributed by atoms with E-state index in [1.165, 1.54) is 0 Å². The van der Waals surface area contributed by atoms with Gasteiger partial charge in [0.05, 0.1) is 6.10 Å². The summed E-state index contributed by atoms with van der Waals surface area (Å²) in [4.78, 5) is 21.2. The Labute approximate surface area is 157 Å². The number of amides is 1. The predicted octanol–water partition coefficient (Wildman–Crippen LogP) is 2.66. The van der Waals surface area contributed by atoms with Crippen molar-refractivity contribution in [3.8, 4) is 5.75 Å². The molecule has 3 heterocycles. The number of carbonyl (C=O) groups is 1. The molecule has 1 atom stereocenters. The van der Waals surface area contributed by atoms with Gasteiger partial charge in [-0.3, -0.25) is 4.79 Å². The van der Waals surface area contributed by atoms with E-state index in [-0.39, 0.29) is 12.0 Å². The summed E-state index contributed by atoms with van der Waals surface area (Å²) in [7, 11) is 0. The van der Waals surface area contributed by atoms with Crippen molar-refractivity contribution in [3.63, 3.8) is 0 Å². The largest absolute Gasteiger partial charge is 0.491 e. The summed E-state index contributed by atoms with van der Waals surface area (Å²) in [6.07, 6.45) is 4.19. The lowest BCUT2D eigenvalue weighted by atomic mass is 10.1. The Bertz CT molecular complexity index is 706. The SMILES string of the molecule is O=C(c1ccc(OC[C@H]2CCCO2)cc1)N1CCN(c2nccs2)CC1. The first-order valence-corrected chi connectivity index (χ1v) is 9.96. The molecule has 1 aromatic carbocycles. The van der Waals surface area contributed by atoms with Gasteiger partial charge in [-0.15, -0.1) is 11.3 Å². The van der Waals surface area contributed by atoms with Gasteiger partial charge in [0, 0.05) is 49.9 Å². The van der Waals surface area contributed by atoms with E-state index in [0.29, 0.717) is 12.2 Å². The van der Waals surface area contributed by atoms with Gasteiger partial charge in [-0.1, -0.05) is 0 Å². The fourth-order valence-corrected chi connectivity index (χ4v) is 4.01. The lowest BCUT2D eigenvalue weighted by molar-refractivity contribution is 0.0678. The first-order valence-electron chi connectivity index (χ1n) is 9.08. The molecule has 0 unspecified atom stereocenters. The first kappa shape index (κ1) is 17.3. The van der Waals surface area contributed by atoms with Crippen molar-refractivity contribution in [1.29, 1.82) is 0 Å². The number of nitrogens with zero attached hydrogens (tertiary/aromatic N) is 3. The van der Waals surface area contributed by atoms with Gasteiger partial charge in [0.15, 0.2) is 5.13 Å². The molecule has 0 saturated carbocycles. The van der Waals surface area contributed by atoms with Gasteiger partial charge in [-0.05, 0) is 37.1 Å². The van der Waals surface area contributed by atoms with Crippen LogP contribution in [0.5, 0.6) is 5.75 Å². The average Bonchev–Trinajstić information content (AvgIpc) is 3.40. The summed E-state index contributed by atoms with van der Waals surface area (Å²) in [5.41, 5.74) is 0.706. The standard InChI is InChI=1S/C19H23N3O3S/c23-18(21-8-10-22(11-9-21)19-20-7-13-26-19)15-3-5-16(6-4-15)25-14-17-2-1-12-24-17/h3-7,13,17H,1-2,8-12,14H2/t17-/m1/s1. The molecule has 2 saturated heterocycles. The second kappa shape index (κ2) is 8.05. The minimum absolute atomic E-state index is 0.0782. The minimum atomic E-state index is 0.0782. The van der Waals surface area contributed by atoms with Crippen LogP contribution in [0.25, 0.3) is 0 Å². The quantitative estimate of drug-likeness (QED) is 0.807. The second-order valence-electron chi connectivity index (χ2n) is 6.56. The number of rotatable bonds is 5. The topological polar surface area (TPSA) is 54.9 Å². The molecule has 4 rings (SSSR count). The number of piperazine rings is 1. The van der Waals surface area contributed by atoms with E-state index in [0.717, 1.165) is 56.5 Å². The zero-order valence-electron chi connectivity index (χ0n) is 14.7. The van der Waals surface area contributed by atoms with Crippen LogP contribution in [0.2, 0.25) is 0 Å². The normalized spacial score (nSPS) is 20.4. The molecule has 0 spiro atoms. The van der Waals surface area contributed by atoms with Gasteiger partial charge in [-0.25, -0.2) is 4.98 Å². The molecule has 2 aliphatic rings. The van der Waals surface area contributed by atoms with Crippen molar-refractivity contribution >= 4 is 22.4 Å². The molecule has 2 aliphatic heterocycles. The van der Waals surface area contributed by atoms with Crippen LogP contribution in [0.3, 0.4) is 0 Å². The molecule has 0 N–H and O–H groups in total. The van der Waals surface area contributed by atoms with E-state index in [1.807, 2.05) is 40.7 Å². The van der Waals surface area contributed by atoms with E-state index < -0.39 is 0 Å². The average molecular weight is 373 g/mol. The van der Waals surface area contributed by atoms with Crippen molar-refractivity contribution in [1.82, 2.24) is 9.88 Å². The van der Waals surface area contributed by atoms with Crippen LogP contribution in [0.4, 0.5) is 5.13 Å². The highest BCUT2D eigenvalue weighted by Crippen LogP contribution is 2.21. The Hall–Kier alpha value is -2.12. The molecule has 2 aromatic rings. The number of anilines is 1. The van der Waals surface area contributed by atoms with E-state index >= 15 is 0 Å². The van der Waals surface area contributed by atoms with Gasteiger partial charge in [0.2, 0.25) is 0 Å². The molecule has 6 nitrogen and oxygen atoms in total. The fraction of sp³-hybridized carbons (Fsp3) is 0.474. The summed E-state index contributed by atoms with van der Waals surface area (Å²) >= 11 is 1.64. The van der Waals surface area contributed by atoms with Crippen LogP contribution in [-0.2, 0) is 4.74 Å². The summed E-state index contributed by atoms with van der Waals surface area (Å²) in [5, 5.41) is 3.01. The molecule has 7 heteroatoms. The van der Waals surface area contributed by atoms with Crippen molar-refractivity contribution in [3.05, 3.63) is 41.4 Å². The van der Waals surface area contributed by atoms with Crippen LogP contribution in [-0.4, -0.2) is 61.3 Å². The number of benzene rings is 1. The van der Waals surface area contributed by atoms with Crippen molar-refractivity contribution in [2.45, 2.75) is 18.9 Å². The summed E-state index contributed by atoms with van der Waals surface area (Å²) < 4.78 is 11.3. The number of thiazole rings is 1. The monoisotopic (exact) mass is 373 g/mol. The molecule has 1 amide bonds. The maximum Gasteiger partial charge on any atom is 0.253 e. The van der Waals surface area contributed by atoms with Gasteiger partial charge in [0.25, 0.3) is 5.91 Å². The minimum Gasteiger partial charge on any atom is -0.491 e. The van der Waals surface area contributed by atoms with Gasteiger partial charge < -0.3 is 19.3 Å². The Kier molecular flexibility index (Phi) is 5.36. The van der Waals surface area contributed by atoms with Crippen molar-refractivity contribution < 1.29 is 14.3 Å². The molecule has 0 aliphatic carbocycles. The molecule has 1 aromatic heterocycles. The third-order valence-electron chi connectivity index (χ3n) is 4.82. The summed E-state index contributed by atoms with van der Waals surface area (Å²) in [6, 6.07) is 7.43. The smallest absolute Gasteiger partial charge is 0.253 e. The first-order chi connectivity index (χ1) is 12.8. The predicted molar refractivity (Wildman–Crippen MR) is 101 cm³/mol. The lowest BCUT2D eigenvalue weighted by Crippen LogP contribution is -2.48. The molecule has 2 fully saturated rings. The molecule has 0 bridgehead atoms. The molecule has 0 radical (unpaired) electrons. The third kappa shape index (κ3) is 3.99. The Morgan fingerprint density at radius 1 is 1.23 bits per heavy atom. The van der Waals surface area contributed by atoms with Crippen LogP contribution in [0.15, 0.2) is 35.8 Å². The van der Waals surface area contributed by atoms with E-state index in [9.17, 15) is 4.79 Å². The van der Waals surface area contributed by atoms with Crippen molar-refractivity contribution in [2.24, 2.45) is 0 Å². The number of ether oxygens (including phenoxy) is 2. The lowest BCUT2D eigenvalue weighted by Gasteiger charge is -2.34. The van der Waals surface area contributed by atoms with Gasteiger partial charge >= 0.3 is 0 Å². The zero-order chi connectivity index (χ0) is 17.8. The maximum absolute atomic E-state index is 12.7. The van der Waals surface area contributed by atoms with Gasteiger partial charge in [0.1, 0.15) is 12.4 Å². The van der Waals surface area contributed by atoms with Crippen LogP contribution in [0, 0.1) is 0 Å². The highest BCUT2D eigenvalue weighted by Gasteiger charge is 2.23. The van der Waals surface area contributed by atoms with Gasteiger partial charge in [-0.2, -0.15) is 0 Å². The van der Waals surface area contributed by atoms with Crippen LogP contribution >= 0.6 is 11.3 Å². The van der Waals surface area contributed by atoms with Crippen LogP contribution in [0.1, 0.15) is 23.2 Å². The zero-order valence-corrected chi connectivity index (χ0v) is 15.5. The molecule has 138 valence electrons. The number of aromatic nitrogens is 1. The molecule has 26 heavy (non-hydrogen) atoms.